The van der Waals surface area contributed by atoms with Gasteiger partial charge < -0.3 is 14.7 Å². The van der Waals surface area contributed by atoms with E-state index in [4.69, 9.17) is 4.74 Å². The zero-order valence-corrected chi connectivity index (χ0v) is 14.7. The number of aliphatic hydroxyl groups excluding tert-OH is 1. The van der Waals surface area contributed by atoms with Gasteiger partial charge in [-0.15, -0.1) is 0 Å². The standard InChI is InChI=1S/C19H24F3NO3/c1-23-14-7-8-15(23)10-16(9-14)26-17(25)18(12-24,11-19(20,21)22)13-5-3-2-4-6-13/h2-6,14-16,24H,7-12H2,1H3. The van der Waals surface area contributed by atoms with Gasteiger partial charge in [0.25, 0.3) is 0 Å². The Labute approximate surface area is 150 Å². The second kappa shape index (κ2) is 7.19. The fourth-order valence-electron chi connectivity index (χ4n) is 4.33. The van der Waals surface area contributed by atoms with Crippen molar-refractivity contribution in [2.24, 2.45) is 0 Å². The number of nitrogens with zero attached hydrogens (tertiary/aromatic N) is 1. The van der Waals surface area contributed by atoms with Gasteiger partial charge in [-0.1, -0.05) is 30.3 Å². The average Bonchev–Trinajstić information content (AvgIpc) is 2.81. The SMILES string of the molecule is CN1C2CCC1CC(OC(=O)C(CO)(CC(F)(F)F)c1ccccc1)C2. The number of halogens is 3. The minimum atomic E-state index is -4.61. The van der Waals surface area contributed by atoms with Crippen LogP contribution in [0.5, 0.6) is 0 Å². The summed E-state index contributed by atoms with van der Waals surface area (Å²) in [4.78, 5) is 15.1. The molecule has 3 rings (SSSR count). The predicted molar refractivity (Wildman–Crippen MR) is 89.6 cm³/mol. The van der Waals surface area contributed by atoms with Crippen LogP contribution in [0.4, 0.5) is 13.2 Å². The van der Waals surface area contributed by atoms with Crippen molar-refractivity contribution >= 4 is 5.97 Å². The molecule has 2 fully saturated rings. The van der Waals surface area contributed by atoms with Crippen LogP contribution in [-0.4, -0.2) is 54.0 Å². The van der Waals surface area contributed by atoms with Crippen LogP contribution in [0.2, 0.25) is 0 Å². The molecule has 1 aromatic carbocycles. The van der Waals surface area contributed by atoms with Gasteiger partial charge >= 0.3 is 12.1 Å². The number of ether oxygens (including phenoxy) is 1. The summed E-state index contributed by atoms with van der Waals surface area (Å²) in [5.41, 5.74) is -2.00. The van der Waals surface area contributed by atoms with Crippen molar-refractivity contribution < 1.29 is 27.8 Å². The Morgan fingerprint density at radius 2 is 1.77 bits per heavy atom. The number of carbonyl (C=O) groups excluding carboxylic acids is 1. The van der Waals surface area contributed by atoms with Crippen molar-refractivity contribution in [1.82, 2.24) is 4.90 Å². The summed E-state index contributed by atoms with van der Waals surface area (Å²) in [5.74, 6) is -0.988. The van der Waals surface area contributed by atoms with Crippen LogP contribution in [0.1, 0.15) is 37.7 Å². The molecule has 0 spiro atoms. The molecule has 144 valence electrons. The van der Waals surface area contributed by atoms with Crippen molar-refractivity contribution in [2.45, 2.75) is 61.9 Å². The quantitative estimate of drug-likeness (QED) is 0.809. The van der Waals surface area contributed by atoms with Crippen LogP contribution in [0.25, 0.3) is 0 Å². The van der Waals surface area contributed by atoms with E-state index in [9.17, 15) is 23.1 Å². The molecule has 2 bridgehead atoms. The average molecular weight is 371 g/mol. The fourth-order valence-corrected chi connectivity index (χ4v) is 4.33. The molecule has 0 amide bonds. The Kier molecular flexibility index (Phi) is 5.30. The first kappa shape index (κ1) is 19.2. The zero-order valence-electron chi connectivity index (χ0n) is 14.7. The summed E-state index contributed by atoms with van der Waals surface area (Å²) in [7, 11) is 2.03. The summed E-state index contributed by atoms with van der Waals surface area (Å²) >= 11 is 0. The molecule has 3 atom stereocenters. The molecule has 0 aromatic heterocycles. The maximum Gasteiger partial charge on any atom is 0.390 e. The van der Waals surface area contributed by atoms with E-state index in [0.29, 0.717) is 24.9 Å². The Bertz CT molecular complexity index is 623. The van der Waals surface area contributed by atoms with Gasteiger partial charge in [0.15, 0.2) is 0 Å². The van der Waals surface area contributed by atoms with E-state index in [0.717, 1.165) is 12.8 Å². The van der Waals surface area contributed by atoms with Gasteiger partial charge in [0.2, 0.25) is 0 Å². The normalized spacial score (nSPS) is 28.6. The van der Waals surface area contributed by atoms with E-state index < -0.39 is 36.7 Å². The number of hydrogen-bond acceptors (Lipinski definition) is 4. The second-order valence-electron chi connectivity index (χ2n) is 7.45. The number of rotatable bonds is 5. The highest BCUT2D eigenvalue weighted by Gasteiger charge is 2.51. The molecular formula is C19H24F3NO3. The van der Waals surface area contributed by atoms with E-state index in [1.807, 2.05) is 7.05 Å². The van der Waals surface area contributed by atoms with Crippen molar-refractivity contribution in [1.29, 1.82) is 0 Å². The molecule has 1 N–H and O–H groups in total. The zero-order chi connectivity index (χ0) is 18.9. The summed E-state index contributed by atoms with van der Waals surface area (Å²) in [6.45, 7) is -0.950. The molecule has 2 aliphatic rings. The molecule has 0 radical (unpaired) electrons. The Morgan fingerprint density at radius 1 is 1.19 bits per heavy atom. The summed E-state index contributed by atoms with van der Waals surface area (Å²) in [5, 5.41) is 9.84. The van der Waals surface area contributed by atoms with E-state index in [-0.39, 0.29) is 5.56 Å². The molecule has 0 saturated carbocycles. The number of carbonyl (C=O) groups is 1. The van der Waals surface area contributed by atoms with Gasteiger partial charge in [-0.2, -0.15) is 13.2 Å². The van der Waals surface area contributed by atoms with E-state index in [1.54, 1.807) is 18.2 Å². The molecule has 7 heteroatoms. The van der Waals surface area contributed by atoms with Gasteiger partial charge in [0, 0.05) is 12.1 Å². The van der Waals surface area contributed by atoms with Crippen LogP contribution >= 0.6 is 0 Å². The fraction of sp³-hybridized carbons (Fsp3) is 0.632. The first-order valence-corrected chi connectivity index (χ1v) is 8.91. The molecule has 26 heavy (non-hydrogen) atoms. The number of piperidine rings is 1. The predicted octanol–water partition coefficient (Wildman–Crippen LogP) is 3.04. The highest BCUT2D eigenvalue weighted by molar-refractivity contribution is 5.83. The molecule has 3 unspecified atom stereocenters. The maximum absolute atomic E-state index is 13.2. The van der Waals surface area contributed by atoms with Gasteiger partial charge in [-0.3, -0.25) is 4.79 Å². The molecule has 2 saturated heterocycles. The number of hydrogen-bond donors (Lipinski definition) is 1. The smallest absolute Gasteiger partial charge is 0.390 e. The number of benzene rings is 1. The van der Waals surface area contributed by atoms with Gasteiger partial charge in [-0.05, 0) is 38.3 Å². The van der Waals surface area contributed by atoms with Crippen molar-refractivity contribution in [2.75, 3.05) is 13.7 Å². The number of alkyl halides is 3. The van der Waals surface area contributed by atoms with Crippen molar-refractivity contribution in [3.05, 3.63) is 35.9 Å². The first-order valence-electron chi connectivity index (χ1n) is 8.91. The van der Waals surface area contributed by atoms with Crippen molar-refractivity contribution in [3.8, 4) is 0 Å². The van der Waals surface area contributed by atoms with Gasteiger partial charge in [0.1, 0.15) is 11.5 Å². The van der Waals surface area contributed by atoms with Crippen LogP contribution < -0.4 is 0 Å². The van der Waals surface area contributed by atoms with E-state index in [1.165, 1.54) is 12.1 Å². The van der Waals surface area contributed by atoms with Crippen LogP contribution in [0.15, 0.2) is 30.3 Å². The maximum atomic E-state index is 13.2. The molecule has 0 aliphatic carbocycles. The number of fused-ring (bicyclic) bond motifs is 2. The lowest BCUT2D eigenvalue weighted by Gasteiger charge is -2.38. The van der Waals surface area contributed by atoms with E-state index in [2.05, 4.69) is 4.90 Å². The first-order chi connectivity index (χ1) is 12.2. The van der Waals surface area contributed by atoms with Crippen LogP contribution in [0.3, 0.4) is 0 Å². The van der Waals surface area contributed by atoms with Gasteiger partial charge in [-0.25, -0.2) is 0 Å². The van der Waals surface area contributed by atoms with Crippen molar-refractivity contribution in [3.63, 3.8) is 0 Å². The lowest BCUT2D eigenvalue weighted by Crippen LogP contribution is -2.49. The minimum Gasteiger partial charge on any atom is -0.462 e. The second-order valence-corrected chi connectivity index (χ2v) is 7.45. The molecule has 1 aromatic rings. The third kappa shape index (κ3) is 3.74. The summed E-state index contributed by atoms with van der Waals surface area (Å²) < 4.78 is 45.2. The largest absolute Gasteiger partial charge is 0.462 e. The highest BCUT2D eigenvalue weighted by atomic mass is 19.4. The number of aliphatic hydroxyl groups is 1. The Morgan fingerprint density at radius 3 is 2.27 bits per heavy atom. The summed E-state index contributed by atoms with van der Waals surface area (Å²) in [6, 6.07) is 8.23. The third-order valence-corrected chi connectivity index (χ3v) is 5.82. The molecule has 2 heterocycles. The Hall–Kier alpha value is -1.60. The molecule has 4 nitrogen and oxygen atoms in total. The van der Waals surface area contributed by atoms with E-state index >= 15 is 0 Å². The lowest BCUT2D eigenvalue weighted by atomic mass is 9.78. The lowest BCUT2D eigenvalue weighted by molar-refractivity contribution is -0.181. The van der Waals surface area contributed by atoms with Crippen LogP contribution in [-0.2, 0) is 14.9 Å². The Balaban J connectivity index is 1.83. The highest BCUT2D eigenvalue weighted by Crippen LogP contribution is 2.40. The monoisotopic (exact) mass is 371 g/mol. The third-order valence-electron chi connectivity index (χ3n) is 5.82. The van der Waals surface area contributed by atoms with Crippen LogP contribution in [0, 0.1) is 0 Å². The van der Waals surface area contributed by atoms with Gasteiger partial charge in [0.05, 0.1) is 13.0 Å². The minimum absolute atomic E-state index is 0.126. The topological polar surface area (TPSA) is 49.8 Å². The summed E-state index contributed by atoms with van der Waals surface area (Å²) in [6.07, 6.45) is -3.17. The molecular weight excluding hydrogens is 347 g/mol. The molecule has 2 aliphatic heterocycles. The number of esters is 1.